The van der Waals surface area contributed by atoms with Gasteiger partial charge in [-0.3, -0.25) is 0 Å². The summed E-state index contributed by atoms with van der Waals surface area (Å²) >= 11 is 0. The summed E-state index contributed by atoms with van der Waals surface area (Å²) < 4.78 is 0. The lowest BCUT2D eigenvalue weighted by Gasteiger charge is -2.33. The minimum absolute atomic E-state index is 0.0923. The van der Waals surface area contributed by atoms with E-state index in [4.69, 9.17) is 5.11 Å². The number of carbonyl (C=O) groups excluding carboxylic acids is 1. The van der Waals surface area contributed by atoms with Crippen LogP contribution in [-0.4, -0.2) is 54.2 Å². The first-order valence-electron chi connectivity index (χ1n) is 4.36. The summed E-state index contributed by atoms with van der Waals surface area (Å²) in [5.41, 5.74) is 0. The standard InChI is InChI=1S/C8H16N2O2/c1-9-4-2-5-10(8(9)12)6-3-7-11/h11H,2-7H2,1H3. The predicted octanol–water partition coefficient (Wildman–Crippen LogP) is 0.126. The van der Waals surface area contributed by atoms with Crippen molar-refractivity contribution in [1.29, 1.82) is 0 Å². The summed E-state index contributed by atoms with van der Waals surface area (Å²) in [6, 6.07) is 0.0923. The molecule has 1 N–H and O–H groups in total. The smallest absolute Gasteiger partial charge is 0.319 e. The van der Waals surface area contributed by atoms with Crippen molar-refractivity contribution in [3.63, 3.8) is 0 Å². The first-order valence-corrected chi connectivity index (χ1v) is 4.36. The minimum Gasteiger partial charge on any atom is -0.396 e. The molecule has 1 heterocycles. The van der Waals surface area contributed by atoms with Gasteiger partial charge in [0, 0.05) is 33.3 Å². The molecule has 1 rings (SSSR count). The Morgan fingerprint density at radius 1 is 1.50 bits per heavy atom. The molecule has 0 aromatic heterocycles. The lowest BCUT2D eigenvalue weighted by atomic mass is 10.3. The number of amides is 2. The Morgan fingerprint density at radius 2 is 2.25 bits per heavy atom. The molecule has 1 saturated heterocycles. The molecule has 0 atom stereocenters. The molecule has 70 valence electrons. The van der Waals surface area contributed by atoms with Crippen molar-refractivity contribution in [1.82, 2.24) is 9.80 Å². The van der Waals surface area contributed by atoms with Gasteiger partial charge in [0.2, 0.25) is 0 Å². The molecular weight excluding hydrogens is 156 g/mol. The molecule has 0 radical (unpaired) electrons. The van der Waals surface area contributed by atoms with E-state index in [0.29, 0.717) is 13.0 Å². The van der Waals surface area contributed by atoms with Crippen molar-refractivity contribution in [2.75, 3.05) is 33.3 Å². The quantitative estimate of drug-likeness (QED) is 0.657. The zero-order valence-corrected chi connectivity index (χ0v) is 7.49. The molecule has 0 aliphatic carbocycles. The number of hydrogen-bond donors (Lipinski definition) is 1. The molecule has 0 spiro atoms. The van der Waals surface area contributed by atoms with Crippen LogP contribution in [0.25, 0.3) is 0 Å². The van der Waals surface area contributed by atoms with Crippen molar-refractivity contribution < 1.29 is 9.90 Å². The number of carbonyl (C=O) groups is 1. The average Bonchev–Trinajstić information content (AvgIpc) is 2.08. The Kier molecular flexibility index (Phi) is 3.34. The monoisotopic (exact) mass is 172 g/mol. The Labute approximate surface area is 72.8 Å². The first-order chi connectivity index (χ1) is 5.75. The van der Waals surface area contributed by atoms with Gasteiger partial charge in [-0.2, -0.15) is 0 Å². The Balaban J connectivity index is 2.36. The van der Waals surface area contributed by atoms with Crippen molar-refractivity contribution in [2.45, 2.75) is 12.8 Å². The number of hydrogen-bond acceptors (Lipinski definition) is 2. The summed E-state index contributed by atoms with van der Waals surface area (Å²) in [5.74, 6) is 0. The van der Waals surface area contributed by atoms with Crippen LogP contribution in [0.1, 0.15) is 12.8 Å². The van der Waals surface area contributed by atoms with Gasteiger partial charge in [-0.05, 0) is 12.8 Å². The summed E-state index contributed by atoms with van der Waals surface area (Å²) in [4.78, 5) is 14.9. The number of nitrogens with zero attached hydrogens (tertiary/aromatic N) is 2. The number of aliphatic hydroxyl groups is 1. The van der Waals surface area contributed by atoms with Gasteiger partial charge in [-0.15, -0.1) is 0 Å². The lowest BCUT2D eigenvalue weighted by Crippen LogP contribution is -2.47. The highest BCUT2D eigenvalue weighted by Gasteiger charge is 2.21. The van der Waals surface area contributed by atoms with E-state index in [0.717, 1.165) is 19.5 Å². The zero-order valence-electron chi connectivity index (χ0n) is 7.49. The van der Waals surface area contributed by atoms with Crippen LogP contribution in [0.15, 0.2) is 0 Å². The van der Waals surface area contributed by atoms with E-state index < -0.39 is 0 Å². The van der Waals surface area contributed by atoms with Gasteiger partial charge < -0.3 is 14.9 Å². The maximum absolute atomic E-state index is 11.4. The van der Waals surface area contributed by atoms with E-state index in [-0.39, 0.29) is 12.6 Å². The highest BCUT2D eigenvalue weighted by Crippen LogP contribution is 2.06. The summed E-state index contributed by atoms with van der Waals surface area (Å²) in [7, 11) is 1.81. The molecule has 0 aromatic carbocycles. The third-order valence-corrected chi connectivity index (χ3v) is 2.10. The van der Waals surface area contributed by atoms with Gasteiger partial charge >= 0.3 is 6.03 Å². The lowest BCUT2D eigenvalue weighted by molar-refractivity contribution is 0.136. The SMILES string of the molecule is CN1CCCN(CCCO)C1=O. The van der Waals surface area contributed by atoms with Crippen LogP contribution in [0, 0.1) is 0 Å². The van der Waals surface area contributed by atoms with Gasteiger partial charge in [0.05, 0.1) is 0 Å². The predicted molar refractivity (Wildman–Crippen MR) is 45.9 cm³/mol. The Hall–Kier alpha value is -0.770. The van der Waals surface area contributed by atoms with Crippen molar-refractivity contribution in [2.24, 2.45) is 0 Å². The third kappa shape index (κ3) is 2.11. The molecule has 12 heavy (non-hydrogen) atoms. The highest BCUT2D eigenvalue weighted by molar-refractivity contribution is 5.74. The fourth-order valence-corrected chi connectivity index (χ4v) is 1.40. The number of urea groups is 1. The molecule has 4 nitrogen and oxygen atoms in total. The molecule has 2 amide bonds. The van der Waals surface area contributed by atoms with Crippen LogP contribution in [-0.2, 0) is 0 Å². The van der Waals surface area contributed by atoms with Crippen LogP contribution in [0.4, 0.5) is 4.79 Å². The molecule has 0 unspecified atom stereocenters. The largest absolute Gasteiger partial charge is 0.396 e. The van der Waals surface area contributed by atoms with Gasteiger partial charge in [-0.1, -0.05) is 0 Å². The zero-order chi connectivity index (χ0) is 8.97. The van der Waals surface area contributed by atoms with Crippen LogP contribution in [0.3, 0.4) is 0 Å². The van der Waals surface area contributed by atoms with E-state index in [2.05, 4.69) is 0 Å². The van der Waals surface area contributed by atoms with Crippen molar-refractivity contribution >= 4 is 6.03 Å². The van der Waals surface area contributed by atoms with Gasteiger partial charge in [-0.25, -0.2) is 4.79 Å². The molecule has 4 heteroatoms. The normalized spacial score (nSPS) is 18.7. The van der Waals surface area contributed by atoms with E-state index in [1.807, 2.05) is 7.05 Å². The topological polar surface area (TPSA) is 43.8 Å². The van der Waals surface area contributed by atoms with Gasteiger partial charge in [0.15, 0.2) is 0 Å². The van der Waals surface area contributed by atoms with E-state index in [1.165, 1.54) is 0 Å². The van der Waals surface area contributed by atoms with Crippen molar-refractivity contribution in [3.8, 4) is 0 Å². The molecule has 1 aliphatic rings. The van der Waals surface area contributed by atoms with Gasteiger partial charge in [0.1, 0.15) is 0 Å². The highest BCUT2D eigenvalue weighted by atomic mass is 16.3. The first kappa shape index (κ1) is 9.32. The van der Waals surface area contributed by atoms with E-state index in [1.54, 1.807) is 9.80 Å². The second-order valence-electron chi connectivity index (χ2n) is 3.12. The molecular formula is C8H16N2O2. The van der Waals surface area contributed by atoms with E-state index in [9.17, 15) is 4.79 Å². The van der Waals surface area contributed by atoms with Crippen LogP contribution in [0.2, 0.25) is 0 Å². The van der Waals surface area contributed by atoms with Crippen LogP contribution < -0.4 is 0 Å². The molecule has 1 fully saturated rings. The Bertz CT molecular complexity index is 161. The average molecular weight is 172 g/mol. The second-order valence-corrected chi connectivity index (χ2v) is 3.12. The van der Waals surface area contributed by atoms with Crippen LogP contribution >= 0.6 is 0 Å². The van der Waals surface area contributed by atoms with Crippen LogP contribution in [0.5, 0.6) is 0 Å². The molecule has 1 aliphatic heterocycles. The fraction of sp³-hybridized carbons (Fsp3) is 0.875. The van der Waals surface area contributed by atoms with Gasteiger partial charge in [0.25, 0.3) is 0 Å². The minimum atomic E-state index is 0.0923. The second kappa shape index (κ2) is 4.30. The fourth-order valence-electron chi connectivity index (χ4n) is 1.40. The number of rotatable bonds is 3. The Morgan fingerprint density at radius 3 is 2.92 bits per heavy atom. The third-order valence-electron chi connectivity index (χ3n) is 2.10. The summed E-state index contributed by atoms with van der Waals surface area (Å²) in [6.07, 6.45) is 1.72. The van der Waals surface area contributed by atoms with Crippen molar-refractivity contribution in [3.05, 3.63) is 0 Å². The molecule has 0 saturated carbocycles. The summed E-state index contributed by atoms with van der Waals surface area (Å²) in [6.45, 7) is 2.53. The maximum Gasteiger partial charge on any atom is 0.319 e. The maximum atomic E-state index is 11.4. The number of aliphatic hydroxyl groups excluding tert-OH is 1. The summed E-state index contributed by atoms with van der Waals surface area (Å²) in [5, 5.41) is 8.60. The molecule has 0 bridgehead atoms. The molecule has 0 aromatic rings. The van der Waals surface area contributed by atoms with E-state index >= 15 is 0 Å².